The van der Waals surface area contributed by atoms with Crippen LogP contribution in [0.2, 0.25) is 0 Å². The van der Waals surface area contributed by atoms with Crippen LogP contribution in [0.3, 0.4) is 0 Å². The number of benzene rings is 1. The lowest BCUT2D eigenvalue weighted by Gasteiger charge is -2.30. The Hall–Kier alpha value is -0.330. The molecular weight excluding hydrogens is 401 g/mol. The second kappa shape index (κ2) is 9.84. The Morgan fingerprint density at radius 3 is 2.35 bits per heavy atom. The minimum absolute atomic E-state index is 0. The lowest BCUT2D eigenvalue weighted by Crippen LogP contribution is -2.50. The summed E-state index contributed by atoms with van der Waals surface area (Å²) in [5.41, 5.74) is 6.07. The van der Waals surface area contributed by atoms with E-state index in [0.29, 0.717) is 5.92 Å². The molecule has 0 aliphatic carbocycles. The Morgan fingerprint density at radius 2 is 1.83 bits per heavy atom. The highest BCUT2D eigenvalue weighted by Gasteiger charge is 2.31. The molecule has 7 heteroatoms. The van der Waals surface area contributed by atoms with Gasteiger partial charge in [0.15, 0.2) is 0 Å². The van der Waals surface area contributed by atoms with Crippen LogP contribution in [0.5, 0.6) is 0 Å². The molecule has 0 saturated carbocycles. The summed E-state index contributed by atoms with van der Waals surface area (Å²) in [4.78, 5) is 14.7. The largest absolute Gasteiger partial charge is 0.354 e. The molecule has 0 bridgehead atoms. The molecule has 3 N–H and O–H groups in total. The topological polar surface area (TPSA) is 58.4 Å². The van der Waals surface area contributed by atoms with E-state index in [1.54, 1.807) is 6.92 Å². The van der Waals surface area contributed by atoms with E-state index < -0.39 is 5.54 Å². The average molecular weight is 427 g/mol. The van der Waals surface area contributed by atoms with Crippen molar-refractivity contribution in [1.82, 2.24) is 10.2 Å². The van der Waals surface area contributed by atoms with Crippen LogP contribution in [0, 0.1) is 5.92 Å². The average Bonchev–Trinajstić information content (AvgIpc) is 2.46. The van der Waals surface area contributed by atoms with E-state index in [1.807, 2.05) is 24.3 Å². The van der Waals surface area contributed by atoms with Crippen molar-refractivity contribution in [2.24, 2.45) is 11.7 Å². The van der Waals surface area contributed by atoms with Crippen LogP contribution in [0.1, 0.15) is 25.3 Å². The lowest BCUT2D eigenvalue weighted by molar-refractivity contribution is -0.126. The second-order valence-electron chi connectivity index (χ2n) is 6.17. The Labute approximate surface area is 159 Å². The monoisotopic (exact) mass is 425 g/mol. The summed E-state index contributed by atoms with van der Waals surface area (Å²) >= 11 is 3.39. The molecule has 0 radical (unpaired) electrons. The molecule has 1 aromatic carbocycles. The normalized spacial score (nSPS) is 18.3. The van der Waals surface area contributed by atoms with E-state index in [1.165, 1.54) is 0 Å². The Kier molecular flexibility index (Phi) is 9.70. The lowest BCUT2D eigenvalue weighted by atomic mass is 9.91. The first-order chi connectivity index (χ1) is 9.89. The standard InChI is InChI=1S/C16H24BrN3O.2ClH/c1-16(18,13-3-5-14(17)6-4-13)15(21)19-11-12-7-9-20(2)10-8-12;;/h3-6,12H,7-11,18H2,1-2H3,(H,19,21);2*1H. The van der Waals surface area contributed by atoms with Crippen molar-refractivity contribution in [2.45, 2.75) is 25.3 Å². The van der Waals surface area contributed by atoms with Crippen LogP contribution in [0.4, 0.5) is 0 Å². The van der Waals surface area contributed by atoms with Crippen LogP contribution in [-0.2, 0) is 10.3 Å². The molecule has 1 aliphatic heterocycles. The fourth-order valence-corrected chi connectivity index (χ4v) is 2.88. The maximum absolute atomic E-state index is 12.4. The maximum atomic E-state index is 12.4. The zero-order chi connectivity index (χ0) is 15.5. The number of halogens is 3. The van der Waals surface area contributed by atoms with Crippen LogP contribution < -0.4 is 11.1 Å². The third kappa shape index (κ3) is 6.24. The van der Waals surface area contributed by atoms with Gasteiger partial charge in [-0.25, -0.2) is 0 Å². The van der Waals surface area contributed by atoms with Gasteiger partial charge in [-0.15, -0.1) is 24.8 Å². The fourth-order valence-electron chi connectivity index (χ4n) is 2.61. The third-order valence-electron chi connectivity index (χ3n) is 4.31. The zero-order valence-corrected chi connectivity index (χ0v) is 16.8. The van der Waals surface area contributed by atoms with Crippen molar-refractivity contribution >= 4 is 46.7 Å². The number of nitrogens with two attached hydrogens (primary N) is 1. The van der Waals surface area contributed by atoms with Gasteiger partial charge >= 0.3 is 0 Å². The van der Waals surface area contributed by atoms with Crippen molar-refractivity contribution in [2.75, 3.05) is 26.7 Å². The van der Waals surface area contributed by atoms with Crippen LogP contribution in [0.25, 0.3) is 0 Å². The van der Waals surface area contributed by atoms with Gasteiger partial charge in [-0.3, -0.25) is 4.79 Å². The molecule has 1 aliphatic rings. The Bertz CT molecular complexity index is 489. The number of amides is 1. The van der Waals surface area contributed by atoms with E-state index in [2.05, 4.69) is 33.2 Å². The van der Waals surface area contributed by atoms with E-state index in [-0.39, 0.29) is 30.7 Å². The van der Waals surface area contributed by atoms with Gasteiger partial charge in [0.1, 0.15) is 5.54 Å². The van der Waals surface area contributed by atoms with Crippen LogP contribution >= 0.6 is 40.7 Å². The number of hydrogen-bond acceptors (Lipinski definition) is 3. The molecule has 1 heterocycles. The highest BCUT2D eigenvalue weighted by Crippen LogP contribution is 2.21. The molecular formula is C16H26BrCl2N3O. The van der Waals surface area contributed by atoms with Gasteiger partial charge in [0.25, 0.3) is 0 Å². The molecule has 23 heavy (non-hydrogen) atoms. The molecule has 1 amide bonds. The van der Waals surface area contributed by atoms with E-state index >= 15 is 0 Å². The molecule has 1 fully saturated rings. The molecule has 1 saturated heterocycles. The number of nitrogens with zero attached hydrogens (tertiary/aromatic N) is 1. The summed E-state index contributed by atoms with van der Waals surface area (Å²) in [6.07, 6.45) is 2.27. The molecule has 1 unspecified atom stereocenters. The number of carbonyl (C=O) groups is 1. The third-order valence-corrected chi connectivity index (χ3v) is 4.83. The Morgan fingerprint density at radius 1 is 1.30 bits per heavy atom. The predicted octanol–water partition coefficient (Wildman–Crippen LogP) is 2.92. The summed E-state index contributed by atoms with van der Waals surface area (Å²) in [6, 6.07) is 7.59. The predicted molar refractivity (Wildman–Crippen MR) is 103 cm³/mol. The number of nitrogens with one attached hydrogen (secondary N) is 1. The van der Waals surface area contributed by atoms with Crippen molar-refractivity contribution < 1.29 is 4.79 Å². The van der Waals surface area contributed by atoms with Gasteiger partial charge in [0.2, 0.25) is 5.91 Å². The van der Waals surface area contributed by atoms with Gasteiger partial charge < -0.3 is 16.0 Å². The number of hydrogen-bond donors (Lipinski definition) is 2. The summed E-state index contributed by atoms with van der Waals surface area (Å²) < 4.78 is 0.980. The first kappa shape index (κ1) is 22.7. The minimum atomic E-state index is -0.994. The molecule has 0 aromatic heterocycles. The molecule has 1 atom stereocenters. The fraction of sp³-hybridized carbons (Fsp3) is 0.562. The first-order valence-corrected chi connectivity index (χ1v) is 8.20. The number of carbonyl (C=O) groups excluding carboxylic acids is 1. The van der Waals surface area contributed by atoms with Crippen LogP contribution in [0.15, 0.2) is 28.7 Å². The first-order valence-electron chi connectivity index (χ1n) is 7.41. The second-order valence-corrected chi connectivity index (χ2v) is 7.08. The molecule has 4 nitrogen and oxygen atoms in total. The summed E-state index contributed by atoms with van der Waals surface area (Å²) in [5.74, 6) is 0.453. The van der Waals surface area contributed by atoms with E-state index in [0.717, 1.165) is 42.5 Å². The smallest absolute Gasteiger partial charge is 0.244 e. The molecule has 132 valence electrons. The van der Waals surface area contributed by atoms with Crippen LogP contribution in [-0.4, -0.2) is 37.5 Å². The van der Waals surface area contributed by atoms with Crippen molar-refractivity contribution in [3.05, 3.63) is 34.3 Å². The highest BCUT2D eigenvalue weighted by molar-refractivity contribution is 9.10. The molecule has 1 aromatic rings. The molecule has 0 spiro atoms. The Balaban J connectivity index is 0.00000242. The van der Waals surface area contributed by atoms with Gasteiger partial charge in [-0.05, 0) is 63.5 Å². The summed E-state index contributed by atoms with van der Waals surface area (Å²) in [7, 11) is 2.14. The van der Waals surface area contributed by atoms with Crippen molar-refractivity contribution in [3.8, 4) is 0 Å². The summed E-state index contributed by atoms with van der Waals surface area (Å²) in [5, 5.41) is 3.03. The quantitative estimate of drug-likeness (QED) is 0.777. The van der Waals surface area contributed by atoms with E-state index in [4.69, 9.17) is 5.73 Å². The van der Waals surface area contributed by atoms with E-state index in [9.17, 15) is 4.79 Å². The number of rotatable bonds is 4. The summed E-state index contributed by atoms with van der Waals surface area (Å²) in [6.45, 7) is 4.69. The zero-order valence-electron chi connectivity index (χ0n) is 13.5. The number of piperidine rings is 1. The highest BCUT2D eigenvalue weighted by atomic mass is 79.9. The van der Waals surface area contributed by atoms with Crippen molar-refractivity contribution in [1.29, 1.82) is 0 Å². The van der Waals surface area contributed by atoms with Crippen molar-refractivity contribution in [3.63, 3.8) is 0 Å². The van der Waals surface area contributed by atoms with Gasteiger partial charge in [-0.2, -0.15) is 0 Å². The number of likely N-dealkylation sites (tertiary alicyclic amines) is 1. The minimum Gasteiger partial charge on any atom is -0.354 e. The van der Waals surface area contributed by atoms with Gasteiger partial charge in [0.05, 0.1) is 0 Å². The maximum Gasteiger partial charge on any atom is 0.244 e. The molecule has 2 rings (SSSR count). The van der Waals surface area contributed by atoms with Gasteiger partial charge in [0, 0.05) is 11.0 Å². The van der Waals surface area contributed by atoms with Gasteiger partial charge in [-0.1, -0.05) is 28.1 Å². The SMILES string of the molecule is CN1CCC(CNC(=O)C(C)(N)c2ccc(Br)cc2)CC1.Cl.Cl.